The SMILES string of the molecule is C=Cc1ccc(OCc2ccccc2)c(CC(=O)N2CC(F)(F)C2)c1. The van der Waals surface area contributed by atoms with Crippen LogP contribution in [0.2, 0.25) is 0 Å². The largest absolute Gasteiger partial charge is 0.489 e. The van der Waals surface area contributed by atoms with Crippen LogP contribution in [0.15, 0.2) is 55.1 Å². The minimum atomic E-state index is -2.76. The van der Waals surface area contributed by atoms with Crippen LogP contribution in [0.1, 0.15) is 16.7 Å². The Bertz CT molecular complexity index is 767. The van der Waals surface area contributed by atoms with Crippen molar-refractivity contribution in [3.63, 3.8) is 0 Å². The van der Waals surface area contributed by atoms with Crippen molar-refractivity contribution in [1.82, 2.24) is 4.90 Å². The third-order valence-electron chi connectivity index (χ3n) is 4.10. The summed E-state index contributed by atoms with van der Waals surface area (Å²) in [6.07, 6.45) is 1.70. The van der Waals surface area contributed by atoms with Gasteiger partial charge in [0.1, 0.15) is 12.4 Å². The van der Waals surface area contributed by atoms with E-state index < -0.39 is 19.0 Å². The number of likely N-dealkylation sites (tertiary alicyclic amines) is 1. The first-order valence-corrected chi connectivity index (χ1v) is 8.04. The van der Waals surface area contributed by atoms with E-state index in [-0.39, 0.29) is 12.3 Å². The Balaban J connectivity index is 1.72. The lowest BCUT2D eigenvalue weighted by molar-refractivity contribution is -0.165. The zero-order valence-electron chi connectivity index (χ0n) is 13.8. The fraction of sp³-hybridized carbons (Fsp3) is 0.250. The minimum absolute atomic E-state index is 0.0296. The molecule has 3 rings (SSSR count). The van der Waals surface area contributed by atoms with Crippen LogP contribution in [0, 0.1) is 0 Å². The van der Waals surface area contributed by atoms with Crippen molar-refractivity contribution < 1.29 is 18.3 Å². The van der Waals surface area contributed by atoms with Crippen LogP contribution >= 0.6 is 0 Å². The first kappa shape index (κ1) is 17.1. The number of carbonyl (C=O) groups excluding carboxylic acids is 1. The first-order valence-electron chi connectivity index (χ1n) is 8.04. The predicted octanol–water partition coefficient (Wildman–Crippen LogP) is 3.93. The van der Waals surface area contributed by atoms with Crippen LogP contribution in [0.3, 0.4) is 0 Å². The van der Waals surface area contributed by atoms with E-state index in [0.717, 1.165) is 11.1 Å². The normalized spacial score (nSPS) is 15.4. The summed E-state index contributed by atoms with van der Waals surface area (Å²) >= 11 is 0. The smallest absolute Gasteiger partial charge is 0.282 e. The van der Waals surface area contributed by atoms with Gasteiger partial charge in [-0.05, 0) is 23.3 Å². The molecular formula is C20H19F2NO2. The number of halogens is 2. The van der Waals surface area contributed by atoms with Gasteiger partial charge in [0.25, 0.3) is 5.92 Å². The van der Waals surface area contributed by atoms with E-state index in [1.807, 2.05) is 42.5 Å². The van der Waals surface area contributed by atoms with E-state index >= 15 is 0 Å². The van der Waals surface area contributed by atoms with Gasteiger partial charge in [-0.2, -0.15) is 0 Å². The minimum Gasteiger partial charge on any atom is -0.489 e. The number of hydrogen-bond donors (Lipinski definition) is 0. The van der Waals surface area contributed by atoms with Crippen molar-refractivity contribution >= 4 is 12.0 Å². The van der Waals surface area contributed by atoms with Crippen LogP contribution in [0.5, 0.6) is 5.75 Å². The fourth-order valence-electron chi connectivity index (χ4n) is 2.70. The van der Waals surface area contributed by atoms with Crippen molar-refractivity contribution in [2.24, 2.45) is 0 Å². The monoisotopic (exact) mass is 343 g/mol. The third kappa shape index (κ3) is 4.24. The molecule has 0 aromatic heterocycles. The number of alkyl halides is 2. The molecule has 0 bridgehead atoms. The molecule has 0 N–H and O–H groups in total. The van der Waals surface area contributed by atoms with Gasteiger partial charge in [-0.25, -0.2) is 8.78 Å². The topological polar surface area (TPSA) is 29.5 Å². The zero-order valence-corrected chi connectivity index (χ0v) is 13.8. The second-order valence-electron chi connectivity index (χ2n) is 6.13. The molecule has 0 aliphatic carbocycles. The fourth-order valence-corrected chi connectivity index (χ4v) is 2.70. The number of benzene rings is 2. The number of amides is 1. The highest BCUT2D eigenvalue weighted by molar-refractivity contribution is 5.80. The van der Waals surface area contributed by atoms with Crippen LogP contribution < -0.4 is 4.74 Å². The van der Waals surface area contributed by atoms with Gasteiger partial charge in [-0.15, -0.1) is 0 Å². The quantitative estimate of drug-likeness (QED) is 0.795. The van der Waals surface area contributed by atoms with Gasteiger partial charge in [0.15, 0.2) is 0 Å². The molecule has 0 saturated carbocycles. The average Bonchev–Trinajstić information content (AvgIpc) is 2.59. The molecule has 1 aliphatic heterocycles. The summed E-state index contributed by atoms with van der Waals surface area (Å²) in [5.74, 6) is -2.50. The highest BCUT2D eigenvalue weighted by Crippen LogP contribution is 2.29. The summed E-state index contributed by atoms with van der Waals surface area (Å²) in [5, 5.41) is 0. The van der Waals surface area contributed by atoms with Gasteiger partial charge in [0, 0.05) is 5.56 Å². The van der Waals surface area contributed by atoms with Crippen LogP contribution in [0.4, 0.5) is 8.78 Å². The molecule has 130 valence electrons. The van der Waals surface area contributed by atoms with E-state index in [0.29, 0.717) is 17.9 Å². The Morgan fingerprint density at radius 1 is 1.20 bits per heavy atom. The lowest BCUT2D eigenvalue weighted by Crippen LogP contribution is -2.58. The van der Waals surface area contributed by atoms with Gasteiger partial charge in [-0.3, -0.25) is 4.79 Å². The standard InChI is InChI=1S/C20H19F2NO2/c1-2-15-8-9-18(25-12-16-6-4-3-5-7-16)17(10-15)11-19(24)23-13-20(21,22)14-23/h2-10H,1,11-14H2. The maximum Gasteiger partial charge on any atom is 0.282 e. The Morgan fingerprint density at radius 2 is 1.92 bits per heavy atom. The van der Waals surface area contributed by atoms with Crippen molar-refractivity contribution in [2.45, 2.75) is 19.0 Å². The molecule has 0 radical (unpaired) electrons. The highest BCUT2D eigenvalue weighted by Gasteiger charge is 2.46. The van der Waals surface area contributed by atoms with Gasteiger partial charge in [0.05, 0.1) is 19.5 Å². The van der Waals surface area contributed by atoms with Gasteiger partial charge >= 0.3 is 0 Å². The molecule has 5 heteroatoms. The van der Waals surface area contributed by atoms with E-state index in [1.165, 1.54) is 4.90 Å². The molecule has 0 atom stereocenters. The molecule has 2 aromatic rings. The van der Waals surface area contributed by atoms with E-state index in [2.05, 4.69) is 6.58 Å². The van der Waals surface area contributed by atoms with Crippen molar-refractivity contribution in [2.75, 3.05) is 13.1 Å². The molecular weight excluding hydrogens is 324 g/mol. The van der Waals surface area contributed by atoms with Crippen LogP contribution in [-0.2, 0) is 17.8 Å². The van der Waals surface area contributed by atoms with Crippen LogP contribution in [0.25, 0.3) is 6.08 Å². The maximum absolute atomic E-state index is 13.0. The third-order valence-corrected chi connectivity index (χ3v) is 4.10. The summed E-state index contributed by atoms with van der Waals surface area (Å²) in [4.78, 5) is 13.4. The molecule has 0 spiro atoms. The maximum atomic E-state index is 13.0. The van der Waals surface area contributed by atoms with Gasteiger partial charge in [-0.1, -0.05) is 49.1 Å². The predicted molar refractivity (Wildman–Crippen MR) is 92.5 cm³/mol. The number of rotatable bonds is 6. The highest BCUT2D eigenvalue weighted by atomic mass is 19.3. The zero-order chi connectivity index (χ0) is 17.9. The lowest BCUT2D eigenvalue weighted by atomic mass is 10.0. The molecule has 1 heterocycles. The Labute approximate surface area is 145 Å². The number of hydrogen-bond acceptors (Lipinski definition) is 2. The number of carbonyl (C=O) groups is 1. The molecule has 1 saturated heterocycles. The van der Waals surface area contributed by atoms with Crippen molar-refractivity contribution in [3.05, 3.63) is 71.8 Å². The molecule has 0 unspecified atom stereocenters. The molecule has 2 aromatic carbocycles. The summed E-state index contributed by atoms with van der Waals surface area (Å²) < 4.78 is 31.8. The summed E-state index contributed by atoms with van der Waals surface area (Å²) in [7, 11) is 0. The summed E-state index contributed by atoms with van der Waals surface area (Å²) in [6.45, 7) is 3.08. The Morgan fingerprint density at radius 3 is 2.56 bits per heavy atom. The molecule has 1 fully saturated rings. The molecule has 1 amide bonds. The Kier molecular flexibility index (Phi) is 4.83. The van der Waals surface area contributed by atoms with Crippen LogP contribution in [-0.4, -0.2) is 29.8 Å². The van der Waals surface area contributed by atoms with Crippen molar-refractivity contribution in [1.29, 1.82) is 0 Å². The summed E-state index contributed by atoms with van der Waals surface area (Å²) in [6, 6.07) is 15.1. The lowest BCUT2D eigenvalue weighted by Gasteiger charge is -2.38. The molecule has 3 nitrogen and oxygen atoms in total. The first-order chi connectivity index (χ1) is 12.0. The van der Waals surface area contributed by atoms with E-state index in [1.54, 1.807) is 12.1 Å². The Hall–Kier alpha value is -2.69. The van der Waals surface area contributed by atoms with Gasteiger partial charge in [0.2, 0.25) is 5.91 Å². The van der Waals surface area contributed by atoms with Gasteiger partial charge < -0.3 is 9.64 Å². The van der Waals surface area contributed by atoms with E-state index in [9.17, 15) is 13.6 Å². The van der Waals surface area contributed by atoms with Crippen molar-refractivity contribution in [3.8, 4) is 5.75 Å². The second kappa shape index (κ2) is 7.05. The molecule has 25 heavy (non-hydrogen) atoms. The molecule has 1 aliphatic rings. The van der Waals surface area contributed by atoms with E-state index in [4.69, 9.17) is 4.74 Å². The second-order valence-corrected chi connectivity index (χ2v) is 6.13. The number of ether oxygens (including phenoxy) is 1. The average molecular weight is 343 g/mol. The number of nitrogens with zero attached hydrogens (tertiary/aromatic N) is 1. The summed E-state index contributed by atoms with van der Waals surface area (Å²) in [5.41, 5.74) is 2.53.